The van der Waals surface area contributed by atoms with Crippen molar-refractivity contribution in [3.8, 4) is 0 Å². The van der Waals surface area contributed by atoms with Gasteiger partial charge >= 0.3 is 0 Å². The van der Waals surface area contributed by atoms with E-state index in [0.717, 1.165) is 24.8 Å². The summed E-state index contributed by atoms with van der Waals surface area (Å²) >= 11 is 0. The maximum absolute atomic E-state index is 4.55. The third-order valence-electron chi connectivity index (χ3n) is 5.18. The summed E-state index contributed by atoms with van der Waals surface area (Å²) in [5.74, 6) is 4.50. The molecule has 0 radical (unpaired) electrons. The van der Waals surface area contributed by atoms with Gasteiger partial charge in [0, 0.05) is 12.0 Å². The number of nitrogens with one attached hydrogen (secondary N) is 1. The van der Waals surface area contributed by atoms with Gasteiger partial charge in [-0.1, -0.05) is 12.2 Å². The number of hydrogen-bond acceptors (Lipinski definition) is 3. The van der Waals surface area contributed by atoms with Gasteiger partial charge in [0.1, 0.15) is 11.6 Å². The summed E-state index contributed by atoms with van der Waals surface area (Å²) in [6, 6.07) is 0.606. The van der Waals surface area contributed by atoms with E-state index in [4.69, 9.17) is 0 Å². The van der Waals surface area contributed by atoms with Crippen LogP contribution < -0.4 is 5.32 Å². The van der Waals surface area contributed by atoms with Crippen LogP contribution in [0.4, 0.5) is 0 Å². The largest absolute Gasteiger partial charge is 0.317 e. The van der Waals surface area contributed by atoms with Crippen LogP contribution in [0.15, 0.2) is 12.2 Å². The van der Waals surface area contributed by atoms with E-state index >= 15 is 0 Å². The molecule has 1 aromatic rings. The van der Waals surface area contributed by atoms with Gasteiger partial charge in [0.15, 0.2) is 0 Å². The van der Waals surface area contributed by atoms with Gasteiger partial charge in [-0.3, -0.25) is 0 Å². The quantitative estimate of drug-likeness (QED) is 0.827. The number of rotatable bonds is 2. The second-order valence-corrected chi connectivity index (χ2v) is 6.34. The van der Waals surface area contributed by atoms with Gasteiger partial charge in [-0.2, -0.15) is 0 Å². The second-order valence-electron chi connectivity index (χ2n) is 6.34. The lowest BCUT2D eigenvalue weighted by molar-refractivity contribution is 0.344. The second kappa shape index (κ2) is 4.44. The number of fused-ring (bicyclic) bond motifs is 2. The first-order valence-electron chi connectivity index (χ1n) is 7.63. The van der Waals surface area contributed by atoms with Gasteiger partial charge in [-0.15, -0.1) is 10.2 Å². The monoisotopic (exact) mass is 258 g/mol. The van der Waals surface area contributed by atoms with Crippen LogP contribution in [-0.4, -0.2) is 27.9 Å². The first kappa shape index (κ1) is 11.6. The van der Waals surface area contributed by atoms with Crippen molar-refractivity contribution >= 4 is 0 Å². The van der Waals surface area contributed by atoms with E-state index in [1.54, 1.807) is 0 Å². The highest BCUT2D eigenvalue weighted by Crippen LogP contribution is 2.48. The molecule has 2 bridgehead atoms. The minimum Gasteiger partial charge on any atom is -0.317 e. The molecular weight excluding hydrogens is 236 g/mol. The molecule has 0 spiro atoms. The molecule has 3 atom stereocenters. The summed E-state index contributed by atoms with van der Waals surface area (Å²) in [4.78, 5) is 0. The highest BCUT2D eigenvalue weighted by atomic mass is 15.3. The minimum atomic E-state index is 0.606. The molecule has 19 heavy (non-hydrogen) atoms. The molecule has 3 aliphatic rings. The first-order valence-corrected chi connectivity index (χ1v) is 7.63. The van der Waals surface area contributed by atoms with Gasteiger partial charge in [0.05, 0.1) is 0 Å². The molecule has 1 N–H and O–H groups in total. The summed E-state index contributed by atoms with van der Waals surface area (Å²) in [5.41, 5.74) is 0. The summed E-state index contributed by atoms with van der Waals surface area (Å²) in [6.45, 7) is 4.36. The van der Waals surface area contributed by atoms with E-state index < -0.39 is 0 Å². The van der Waals surface area contributed by atoms with Crippen LogP contribution in [0.1, 0.15) is 49.3 Å². The molecule has 3 unspecified atom stereocenters. The molecule has 4 nitrogen and oxygen atoms in total. The topological polar surface area (TPSA) is 42.7 Å². The molecule has 102 valence electrons. The van der Waals surface area contributed by atoms with E-state index in [0.29, 0.717) is 17.9 Å². The standard InChI is InChI=1S/C15H22N4/c1-10-17-18-15(14-9-11-2-3-12(14)8-11)19(10)13-4-6-16-7-5-13/h2-3,11-14,16H,4-9H2,1H3. The molecule has 1 saturated carbocycles. The van der Waals surface area contributed by atoms with Crippen LogP contribution >= 0.6 is 0 Å². The molecule has 1 saturated heterocycles. The van der Waals surface area contributed by atoms with Crippen LogP contribution in [0.25, 0.3) is 0 Å². The van der Waals surface area contributed by atoms with Crippen molar-refractivity contribution in [1.82, 2.24) is 20.1 Å². The summed E-state index contributed by atoms with van der Waals surface area (Å²) in [7, 11) is 0. The van der Waals surface area contributed by atoms with Crippen molar-refractivity contribution in [3.63, 3.8) is 0 Å². The van der Waals surface area contributed by atoms with E-state index in [-0.39, 0.29) is 0 Å². The zero-order valence-corrected chi connectivity index (χ0v) is 11.5. The van der Waals surface area contributed by atoms with E-state index in [1.807, 2.05) is 0 Å². The van der Waals surface area contributed by atoms with Gasteiger partial charge < -0.3 is 9.88 Å². The van der Waals surface area contributed by atoms with Gasteiger partial charge in [0.25, 0.3) is 0 Å². The van der Waals surface area contributed by atoms with Crippen molar-refractivity contribution in [1.29, 1.82) is 0 Å². The van der Waals surface area contributed by atoms with Crippen molar-refractivity contribution in [2.45, 2.75) is 44.6 Å². The zero-order valence-electron chi connectivity index (χ0n) is 11.5. The lowest BCUT2D eigenvalue weighted by atomic mass is 9.92. The Morgan fingerprint density at radius 2 is 2.00 bits per heavy atom. The Kier molecular flexibility index (Phi) is 2.72. The molecule has 1 aromatic heterocycles. The number of aromatic nitrogens is 3. The third kappa shape index (κ3) is 1.84. The zero-order chi connectivity index (χ0) is 12.8. The predicted octanol–water partition coefficient (Wildman–Crippen LogP) is 2.19. The van der Waals surface area contributed by atoms with Crippen LogP contribution in [0, 0.1) is 18.8 Å². The number of nitrogens with zero attached hydrogens (tertiary/aromatic N) is 3. The molecule has 0 aromatic carbocycles. The van der Waals surface area contributed by atoms with Crippen molar-refractivity contribution < 1.29 is 0 Å². The fourth-order valence-corrected chi connectivity index (χ4v) is 4.23. The van der Waals surface area contributed by atoms with Crippen LogP contribution in [0.2, 0.25) is 0 Å². The molecular formula is C15H22N4. The van der Waals surface area contributed by atoms with Crippen molar-refractivity contribution in [3.05, 3.63) is 23.8 Å². The maximum atomic E-state index is 4.55. The maximum Gasteiger partial charge on any atom is 0.137 e. The van der Waals surface area contributed by atoms with E-state index in [9.17, 15) is 0 Å². The van der Waals surface area contributed by atoms with Crippen LogP contribution in [-0.2, 0) is 0 Å². The van der Waals surface area contributed by atoms with Crippen molar-refractivity contribution in [2.24, 2.45) is 11.8 Å². The Labute approximate surface area is 114 Å². The molecule has 4 heteroatoms. The number of piperidine rings is 1. The van der Waals surface area contributed by atoms with Crippen molar-refractivity contribution in [2.75, 3.05) is 13.1 Å². The average Bonchev–Trinajstić information content (AvgIpc) is 3.14. The Morgan fingerprint density at radius 1 is 1.16 bits per heavy atom. The molecule has 4 rings (SSSR count). The van der Waals surface area contributed by atoms with Gasteiger partial charge in [0.2, 0.25) is 0 Å². The van der Waals surface area contributed by atoms with E-state index in [1.165, 1.54) is 31.5 Å². The minimum absolute atomic E-state index is 0.606. The van der Waals surface area contributed by atoms with Crippen LogP contribution in [0.5, 0.6) is 0 Å². The Hall–Kier alpha value is -1.16. The predicted molar refractivity (Wildman–Crippen MR) is 74.0 cm³/mol. The fraction of sp³-hybridized carbons (Fsp3) is 0.733. The SMILES string of the molecule is Cc1nnc(C2CC3C=CC2C3)n1C1CCNCC1. The highest BCUT2D eigenvalue weighted by Gasteiger charge is 2.40. The molecule has 0 amide bonds. The number of aryl methyl sites for hydroxylation is 1. The highest BCUT2D eigenvalue weighted by molar-refractivity contribution is 5.19. The third-order valence-corrected chi connectivity index (χ3v) is 5.18. The fourth-order valence-electron chi connectivity index (χ4n) is 4.23. The first-order chi connectivity index (χ1) is 9.33. The summed E-state index contributed by atoms with van der Waals surface area (Å²) in [5, 5.41) is 12.4. The molecule has 2 aliphatic carbocycles. The normalized spacial score (nSPS) is 34.3. The Bertz CT molecular complexity index is 498. The molecule has 2 fully saturated rings. The molecule has 1 aliphatic heterocycles. The smallest absolute Gasteiger partial charge is 0.137 e. The lowest BCUT2D eigenvalue weighted by Crippen LogP contribution is -2.31. The summed E-state index contributed by atoms with van der Waals surface area (Å²) < 4.78 is 2.46. The number of hydrogen-bond donors (Lipinski definition) is 1. The van der Waals surface area contributed by atoms with E-state index in [2.05, 4.69) is 39.2 Å². The lowest BCUT2D eigenvalue weighted by Gasteiger charge is -2.28. The molecule has 2 heterocycles. The Morgan fingerprint density at radius 3 is 2.68 bits per heavy atom. The Balaban J connectivity index is 1.67. The van der Waals surface area contributed by atoms with Crippen LogP contribution in [0.3, 0.4) is 0 Å². The van der Waals surface area contributed by atoms with Gasteiger partial charge in [-0.05, 0) is 57.5 Å². The average molecular weight is 258 g/mol. The number of allylic oxidation sites excluding steroid dienone is 2. The summed E-state index contributed by atoms with van der Waals surface area (Å²) in [6.07, 6.45) is 9.85. The van der Waals surface area contributed by atoms with Gasteiger partial charge in [-0.25, -0.2) is 0 Å².